The van der Waals surface area contributed by atoms with Gasteiger partial charge in [-0.3, -0.25) is 10.2 Å². The molecule has 0 bridgehead atoms. The summed E-state index contributed by atoms with van der Waals surface area (Å²) >= 11 is 0. The first-order valence-electron chi connectivity index (χ1n) is 12.2. The Hall–Kier alpha value is -2.93. The summed E-state index contributed by atoms with van der Waals surface area (Å²) in [5.41, 5.74) is 2.98. The van der Waals surface area contributed by atoms with Crippen molar-refractivity contribution < 1.29 is 4.74 Å². The van der Waals surface area contributed by atoms with E-state index in [1.165, 1.54) is 51.5 Å². The van der Waals surface area contributed by atoms with Gasteiger partial charge >= 0.3 is 0 Å². The average Bonchev–Trinajstić information content (AvgIpc) is 3.48. The normalized spacial score (nSPS) is 14.3. The van der Waals surface area contributed by atoms with Crippen LogP contribution >= 0.6 is 0 Å². The second-order valence-corrected chi connectivity index (χ2v) is 7.79. The van der Waals surface area contributed by atoms with Crippen molar-refractivity contribution in [1.82, 2.24) is 30.7 Å². The molecule has 7 nitrogen and oxygen atoms in total. The topological polar surface area (TPSA) is 91.5 Å². The third kappa shape index (κ3) is 10.0. The lowest BCUT2D eigenvalue weighted by Crippen LogP contribution is -2.18. The molecule has 1 aliphatic rings. The summed E-state index contributed by atoms with van der Waals surface area (Å²) in [4.78, 5) is 4.16. The molecule has 2 aromatic heterocycles. The lowest BCUT2D eigenvalue weighted by Gasteiger charge is -2.08. The molecule has 7 heteroatoms. The summed E-state index contributed by atoms with van der Waals surface area (Å²) in [5, 5.41) is 18.6. The van der Waals surface area contributed by atoms with Gasteiger partial charge in [0.1, 0.15) is 6.33 Å². The van der Waals surface area contributed by atoms with Gasteiger partial charge in [0.2, 0.25) is 0 Å². The van der Waals surface area contributed by atoms with Crippen molar-refractivity contribution in [2.75, 3.05) is 19.7 Å². The Labute approximate surface area is 198 Å². The van der Waals surface area contributed by atoms with Gasteiger partial charge in [0.25, 0.3) is 0 Å². The fourth-order valence-corrected chi connectivity index (χ4v) is 3.43. The molecule has 1 fully saturated rings. The predicted octanol–water partition coefficient (Wildman–Crippen LogP) is 5.95. The number of aromatic nitrogens is 5. The largest absolute Gasteiger partial charge is 0.502 e. The smallest absolute Gasteiger partial charge is 0.155 e. The fraction of sp³-hybridized carbons (Fsp3) is 0.500. The number of allylic oxidation sites excluding steroid dienone is 3. The van der Waals surface area contributed by atoms with Crippen molar-refractivity contribution >= 4 is 10.9 Å². The summed E-state index contributed by atoms with van der Waals surface area (Å²) in [6.45, 7) is 9.29. The number of nitrogens with zero attached hydrogens (tertiary/aromatic N) is 3. The molecule has 0 saturated carbocycles. The predicted molar refractivity (Wildman–Crippen MR) is 137 cm³/mol. The average molecular weight is 453 g/mol. The molecule has 3 aromatic rings. The number of hydrogen-bond acceptors (Lipinski definition) is 5. The molecule has 3 heterocycles. The van der Waals surface area contributed by atoms with Crippen LogP contribution < -0.4 is 5.32 Å². The molecule has 1 aliphatic heterocycles. The van der Waals surface area contributed by atoms with Gasteiger partial charge in [-0.15, -0.1) is 0 Å². The van der Waals surface area contributed by atoms with Gasteiger partial charge in [0, 0.05) is 23.1 Å². The molecule has 180 valence electrons. The minimum Gasteiger partial charge on any atom is -0.502 e. The molecule has 0 aliphatic carbocycles. The lowest BCUT2D eigenvalue weighted by atomic mass is 10.1. The third-order valence-electron chi connectivity index (χ3n) is 5.18. The van der Waals surface area contributed by atoms with E-state index >= 15 is 0 Å². The van der Waals surface area contributed by atoms with Crippen LogP contribution in [0.3, 0.4) is 0 Å². The molecule has 1 saturated heterocycles. The van der Waals surface area contributed by atoms with Crippen LogP contribution in [0.25, 0.3) is 22.3 Å². The van der Waals surface area contributed by atoms with Crippen molar-refractivity contribution in [2.45, 2.75) is 65.7 Å². The first-order valence-corrected chi connectivity index (χ1v) is 12.2. The summed E-state index contributed by atoms with van der Waals surface area (Å²) in [5.74, 6) is 0.754. The first-order chi connectivity index (χ1) is 16.3. The first kappa shape index (κ1) is 26.3. The number of rotatable bonds is 6. The Morgan fingerprint density at radius 3 is 2.42 bits per heavy atom. The Morgan fingerprint density at radius 2 is 1.79 bits per heavy atom. The third-order valence-corrected chi connectivity index (χ3v) is 5.18. The van der Waals surface area contributed by atoms with E-state index in [1.54, 1.807) is 6.26 Å². The van der Waals surface area contributed by atoms with E-state index in [1.807, 2.05) is 32.1 Å². The quantitative estimate of drug-likeness (QED) is 0.317. The summed E-state index contributed by atoms with van der Waals surface area (Å²) in [6.07, 6.45) is 18.4. The molecule has 0 atom stereocenters. The Bertz CT molecular complexity index is 906. The summed E-state index contributed by atoms with van der Waals surface area (Å²) < 4.78 is 5.19. The second-order valence-electron chi connectivity index (χ2n) is 7.79. The van der Waals surface area contributed by atoms with Crippen molar-refractivity contribution in [2.24, 2.45) is 0 Å². The molecule has 3 N–H and O–H groups in total. The highest BCUT2D eigenvalue weighted by atomic mass is 16.5. The highest BCUT2D eigenvalue weighted by Crippen LogP contribution is 2.23. The molecule has 0 amide bonds. The number of H-pyrrole nitrogens is 2. The highest BCUT2D eigenvalue weighted by molar-refractivity contribution is 5.85. The molecular weight excluding hydrogens is 412 g/mol. The van der Waals surface area contributed by atoms with Gasteiger partial charge in [-0.05, 0) is 70.5 Å². The van der Waals surface area contributed by atoms with Crippen LogP contribution in [-0.2, 0) is 11.2 Å². The Balaban J connectivity index is 0.000000244. The van der Waals surface area contributed by atoms with Gasteiger partial charge in [-0.1, -0.05) is 38.3 Å². The number of aromatic amines is 2. The van der Waals surface area contributed by atoms with Crippen LogP contribution in [0.4, 0.5) is 0 Å². The van der Waals surface area contributed by atoms with Crippen LogP contribution in [0.5, 0.6) is 0 Å². The van der Waals surface area contributed by atoms with E-state index < -0.39 is 0 Å². The number of fused-ring (bicyclic) bond motifs is 1. The van der Waals surface area contributed by atoms with Crippen LogP contribution in [0.15, 0.2) is 49.0 Å². The molecule has 1 aromatic carbocycles. The monoisotopic (exact) mass is 452 g/mol. The molecule has 0 unspecified atom stereocenters. The zero-order valence-corrected chi connectivity index (χ0v) is 20.4. The standard InChI is InChI=1S/C14H15N5O.C7H15N.C5H10/c1-2-20-7-3-4-12-11-8-10(14-15-9-16-19-14)5-6-13(11)18-17-12;1-2-4-6-8-7-5-3-1;1-3-5-4-2/h3,5-9H,2,4H2,1H3,(H,17,18)(H,15,16,19);8H,1-7H2;3,5H,4H2,1-2H3/b7-3+;;5-3-. The molecule has 0 radical (unpaired) electrons. The fourth-order valence-electron chi connectivity index (χ4n) is 3.43. The summed E-state index contributed by atoms with van der Waals surface area (Å²) in [6, 6.07) is 6.01. The maximum atomic E-state index is 5.19. The zero-order chi connectivity index (χ0) is 23.6. The Morgan fingerprint density at radius 1 is 1.00 bits per heavy atom. The lowest BCUT2D eigenvalue weighted by molar-refractivity contribution is 0.268. The van der Waals surface area contributed by atoms with Crippen molar-refractivity contribution in [3.8, 4) is 11.4 Å². The maximum absolute atomic E-state index is 5.19. The van der Waals surface area contributed by atoms with E-state index in [0.717, 1.165) is 40.8 Å². The SMILES string of the molecule is C/C=C\CC.C1CCCNCCC1.CCO/C=C/Cc1[nH]nc2ccc(-c3ncn[nH]3)cc12. The van der Waals surface area contributed by atoms with Crippen LogP contribution in [0, 0.1) is 0 Å². The van der Waals surface area contributed by atoms with Gasteiger partial charge in [0.15, 0.2) is 5.82 Å². The van der Waals surface area contributed by atoms with Gasteiger partial charge < -0.3 is 10.1 Å². The Kier molecular flexibility index (Phi) is 13.3. The minimum absolute atomic E-state index is 0.676. The highest BCUT2D eigenvalue weighted by Gasteiger charge is 2.07. The van der Waals surface area contributed by atoms with Crippen LogP contribution in [-0.4, -0.2) is 45.1 Å². The molecule has 4 rings (SSSR count). The van der Waals surface area contributed by atoms with Gasteiger partial charge in [-0.25, -0.2) is 4.98 Å². The van der Waals surface area contributed by atoms with E-state index in [9.17, 15) is 0 Å². The molecule has 33 heavy (non-hydrogen) atoms. The number of benzene rings is 1. The van der Waals surface area contributed by atoms with E-state index in [2.05, 4.69) is 55.8 Å². The van der Waals surface area contributed by atoms with E-state index in [0.29, 0.717) is 6.61 Å². The van der Waals surface area contributed by atoms with E-state index in [4.69, 9.17) is 4.74 Å². The number of ether oxygens (including phenoxy) is 1. The molecule has 0 spiro atoms. The summed E-state index contributed by atoms with van der Waals surface area (Å²) in [7, 11) is 0. The minimum atomic E-state index is 0.676. The van der Waals surface area contributed by atoms with E-state index in [-0.39, 0.29) is 0 Å². The van der Waals surface area contributed by atoms with Crippen molar-refractivity contribution in [3.63, 3.8) is 0 Å². The molecular formula is C26H40N6O. The number of hydrogen-bond donors (Lipinski definition) is 3. The zero-order valence-electron chi connectivity index (χ0n) is 20.4. The number of nitrogens with one attached hydrogen (secondary N) is 3. The second kappa shape index (κ2) is 16.7. The van der Waals surface area contributed by atoms with Crippen LogP contribution in [0.2, 0.25) is 0 Å². The maximum Gasteiger partial charge on any atom is 0.155 e. The van der Waals surface area contributed by atoms with Crippen molar-refractivity contribution in [1.29, 1.82) is 0 Å². The van der Waals surface area contributed by atoms with Crippen molar-refractivity contribution in [3.05, 3.63) is 54.7 Å². The van der Waals surface area contributed by atoms with Gasteiger partial charge in [-0.2, -0.15) is 10.2 Å². The van der Waals surface area contributed by atoms with Gasteiger partial charge in [0.05, 0.1) is 18.4 Å². The van der Waals surface area contributed by atoms with Crippen LogP contribution in [0.1, 0.15) is 65.0 Å².